The summed E-state index contributed by atoms with van der Waals surface area (Å²) >= 11 is 0. The average Bonchev–Trinajstić information content (AvgIpc) is 2.49. The van der Waals surface area contributed by atoms with E-state index in [1.807, 2.05) is 0 Å². The van der Waals surface area contributed by atoms with Gasteiger partial charge in [-0.15, -0.1) is 0 Å². The first kappa shape index (κ1) is 15.7. The van der Waals surface area contributed by atoms with Crippen LogP contribution in [-0.4, -0.2) is 19.6 Å². The minimum atomic E-state index is -1.17. The molecular weight excluding hydrogens is 276 g/mol. The summed E-state index contributed by atoms with van der Waals surface area (Å²) < 4.78 is 32.3. The van der Waals surface area contributed by atoms with Crippen LogP contribution < -0.4 is 5.32 Å². The van der Waals surface area contributed by atoms with Gasteiger partial charge in [0.25, 0.3) is 0 Å². The van der Waals surface area contributed by atoms with Gasteiger partial charge in [-0.05, 0) is 30.4 Å². The fourth-order valence-corrected chi connectivity index (χ4v) is 2.84. The van der Waals surface area contributed by atoms with Crippen molar-refractivity contribution >= 4 is 11.7 Å². The van der Waals surface area contributed by atoms with Crippen LogP contribution in [0.4, 0.5) is 14.5 Å². The summed E-state index contributed by atoms with van der Waals surface area (Å²) in [7, 11) is 1.13. The maximum absolute atomic E-state index is 14.0. The van der Waals surface area contributed by atoms with E-state index in [9.17, 15) is 13.6 Å². The first-order chi connectivity index (χ1) is 9.97. The van der Waals surface area contributed by atoms with Crippen molar-refractivity contribution in [2.24, 2.45) is 5.41 Å². The summed E-state index contributed by atoms with van der Waals surface area (Å²) in [5.74, 6) is -3.07. The Bertz CT molecular complexity index is 525. The zero-order valence-corrected chi connectivity index (χ0v) is 12.5. The van der Waals surface area contributed by atoms with Gasteiger partial charge in [0.2, 0.25) is 0 Å². The number of carbonyl (C=O) groups excluding carboxylic acids is 1. The van der Waals surface area contributed by atoms with Crippen molar-refractivity contribution in [3.05, 3.63) is 29.3 Å². The van der Waals surface area contributed by atoms with Gasteiger partial charge in [0, 0.05) is 6.54 Å². The van der Waals surface area contributed by atoms with E-state index in [0.29, 0.717) is 6.54 Å². The summed E-state index contributed by atoms with van der Waals surface area (Å²) in [4.78, 5) is 11.3. The lowest BCUT2D eigenvalue weighted by molar-refractivity contribution is 0.0594. The Labute approximate surface area is 123 Å². The Morgan fingerprint density at radius 3 is 2.52 bits per heavy atom. The normalized spacial score (nSPS) is 17.3. The highest BCUT2D eigenvalue weighted by Gasteiger charge is 2.27. The summed E-state index contributed by atoms with van der Waals surface area (Å²) in [5, 5.41) is 2.98. The van der Waals surface area contributed by atoms with E-state index in [4.69, 9.17) is 0 Å². The van der Waals surface area contributed by atoms with Crippen molar-refractivity contribution in [2.75, 3.05) is 19.0 Å². The minimum absolute atomic E-state index is 0.0898. The number of esters is 1. The number of rotatable bonds is 4. The van der Waals surface area contributed by atoms with Gasteiger partial charge in [-0.2, -0.15) is 0 Å². The number of ether oxygens (including phenoxy) is 1. The molecule has 1 aromatic carbocycles. The molecule has 1 fully saturated rings. The number of anilines is 1. The molecule has 0 spiro atoms. The number of carbonyl (C=O) groups is 1. The van der Waals surface area contributed by atoms with E-state index in [1.54, 1.807) is 0 Å². The van der Waals surface area contributed by atoms with Gasteiger partial charge in [-0.3, -0.25) is 0 Å². The molecule has 0 atom stereocenters. The summed E-state index contributed by atoms with van der Waals surface area (Å²) in [6.07, 6.45) is 5.77. The quantitative estimate of drug-likeness (QED) is 0.849. The molecule has 0 amide bonds. The lowest BCUT2D eigenvalue weighted by Gasteiger charge is -2.34. The van der Waals surface area contributed by atoms with Crippen LogP contribution in [-0.2, 0) is 4.74 Å². The Balaban J connectivity index is 2.10. The Morgan fingerprint density at radius 1 is 1.24 bits per heavy atom. The van der Waals surface area contributed by atoms with E-state index in [-0.39, 0.29) is 16.7 Å². The van der Waals surface area contributed by atoms with Crippen molar-refractivity contribution in [3.8, 4) is 0 Å². The monoisotopic (exact) mass is 297 g/mol. The number of halogens is 2. The van der Waals surface area contributed by atoms with Crippen molar-refractivity contribution in [1.29, 1.82) is 0 Å². The molecule has 2 rings (SSSR count). The highest BCUT2D eigenvalue weighted by molar-refractivity contribution is 5.90. The number of methoxy groups -OCH3 is 1. The van der Waals surface area contributed by atoms with Gasteiger partial charge in [0.1, 0.15) is 0 Å². The largest absolute Gasteiger partial charge is 0.465 e. The number of hydrogen-bond acceptors (Lipinski definition) is 3. The molecule has 3 nitrogen and oxygen atoms in total. The molecule has 0 radical (unpaired) electrons. The van der Waals surface area contributed by atoms with Gasteiger partial charge >= 0.3 is 5.97 Å². The topological polar surface area (TPSA) is 38.3 Å². The second-order valence-corrected chi connectivity index (χ2v) is 6.01. The standard InChI is InChI=1S/C16H21F2NO2/c1-16(8-4-3-5-9-16)10-19-12-7-6-11(15(20)21-2)13(17)14(12)18/h6-7,19H,3-5,8-10H2,1-2H3. The van der Waals surface area contributed by atoms with Crippen LogP contribution in [0.25, 0.3) is 0 Å². The lowest BCUT2D eigenvalue weighted by Crippen LogP contribution is -2.29. The molecule has 1 aliphatic rings. The molecule has 0 aromatic heterocycles. The van der Waals surface area contributed by atoms with Crippen LogP contribution in [0.3, 0.4) is 0 Å². The highest BCUT2D eigenvalue weighted by atomic mass is 19.2. The van der Waals surface area contributed by atoms with Crippen molar-refractivity contribution in [2.45, 2.75) is 39.0 Å². The highest BCUT2D eigenvalue weighted by Crippen LogP contribution is 2.36. The third-order valence-corrected chi connectivity index (χ3v) is 4.25. The molecule has 1 N–H and O–H groups in total. The predicted molar refractivity (Wildman–Crippen MR) is 77.4 cm³/mol. The molecule has 0 aliphatic heterocycles. The molecular formula is C16H21F2NO2. The maximum atomic E-state index is 14.0. The van der Waals surface area contributed by atoms with Crippen molar-refractivity contribution in [1.82, 2.24) is 0 Å². The summed E-state index contributed by atoms with van der Waals surface area (Å²) in [5.41, 5.74) is -0.182. The van der Waals surface area contributed by atoms with Gasteiger partial charge < -0.3 is 10.1 Å². The summed E-state index contributed by atoms with van der Waals surface area (Å²) in [6, 6.07) is 2.63. The van der Waals surface area contributed by atoms with Gasteiger partial charge in [-0.1, -0.05) is 26.2 Å². The van der Waals surface area contributed by atoms with Crippen LogP contribution in [0.15, 0.2) is 12.1 Å². The Hall–Kier alpha value is -1.65. The third kappa shape index (κ3) is 3.52. The first-order valence-electron chi connectivity index (χ1n) is 7.27. The second-order valence-electron chi connectivity index (χ2n) is 6.01. The smallest absolute Gasteiger partial charge is 0.340 e. The average molecular weight is 297 g/mol. The van der Waals surface area contributed by atoms with Crippen LogP contribution in [0.5, 0.6) is 0 Å². The van der Waals surface area contributed by atoms with E-state index < -0.39 is 17.6 Å². The molecule has 5 heteroatoms. The minimum Gasteiger partial charge on any atom is -0.465 e. The molecule has 1 aliphatic carbocycles. The molecule has 0 heterocycles. The number of hydrogen-bond donors (Lipinski definition) is 1. The molecule has 0 unspecified atom stereocenters. The SMILES string of the molecule is COC(=O)c1ccc(NCC2(C)CCCCC2)c(F)c1F. The van der Waals surface area contributed by atoms with Crippen molar-refractivity contribution in [3.63, 3.8) is 0 Å². The Kier molecular flexibility index (Phi) is 4.80. The molecule has 1 aromatic rings. The van der Waals surface area contributed by atoms with Gasteiger partial charge in [-0.25, -0.2) is 13.6 Å². The predicted octanol–water partition coefficient (Wildman–Crippen LogP) is 4.13. The van der Waals surface area contributed by atoms with E-state index in [2.05, 4.69) is 17.0 Å². The van der Waals surface area contributed by atoms with Crippen LogP contribution >= 0.6 is 0 Å². The van der Waals surface area contributed by atoms with Gasteiger partial charge in [0.15, 0.2) is 11.6 Å². The van der Waals surface area contributed by atoms with Crippen LogP contribution in [0, 0.1) is 17.0 Å². The van der Waals surface area contributed by atoms with Gasteiger partial charge in [0.05, 0.1) is 18.4 Å². The zero-order chi connectivity index (χ0) is 15.5. The molecule has 0 saturated heterocycles. The number of nitrogens with one attached hydrogen (secondary N) is 1. The molecule has 1 saturated carbocycles. The lowest BCUT2D eigenvalue weighted by atomic mass is 9.76. The zero-order valence-electron chi connectivity index (χ0n) is 12.5. The Morgan fingerprint density at radius 2 is 1.90 bits per heavy atom. The van der Waals surface area contributed by atoms with Crippen LogP contribution in [0.1, 0.15) is 49.4 Å². The molecule has 0 bridgehead atoms. The third-order valence-electron chi connectivity index (χ3n) is 4.25. The summed E-state index contributed by atoms with van der Waals surface area (Å²) in [6.45, 7) is 2.76. The molecule has 116 valence electrons. The fourth-order valence-electron chi connectivity index (χ4n) is 2.84. The van der Waals surface area contributed by atoms with Crippen molar-refractivity contribution < 1.29 is 18.3 Å². The second kappa shape index (κ2) is 6.41. The van der Waals surface area contributed by atoms with Crippen LogP contribution in [0.2, 0.25) is 0 Å². The van der Waals surface area contributed by atoms with E-state index in [1.165, 1.54) is 31.4 Å². The first-order valence-corrected chi connectivity index (χ1v) is 7.27. The van der Waals surface area contributed by atoms with E-state index >= 15 is 0 Å². The number of benzene rings is 1. The van der Waals surface area contributed by atoms with E-state index in [0.717, 1.165) is 20.0 Å². The maximum Gasteiger partial charge on any atom is 0.340 e. The fraction of sp³-hybridized carbons (Fsp3) is 0.562. The molecule has 21 heavy (non-hydrogen) atoms.